The third-order valence-corrected chi connectivity index (χ3v) is 6.19. The van der Waals surface area contributed by atoms with Gasteiger partial charge < -0.3 is 20.0 Å². The molecule has 2 N–H and O–H groups in total. The first kappa shape index (κ1) is 24.2. The van der Waals surface area contributed by atoms with E-state index in [1.165, 1.54) is 23.7 Å². The molecule has 0 spiro atoms. The van der Waals surface area contributed by atoms with Gasteiger partial charge in [0, 0.05) is 25.0 Å². The molecule has 1 unspecified atom stereocenters. The summed E-state index contributed by atoms with van der Waals surface area (Å²) in [6.07, 6.45) is 9.82. The molecule has 35 heavy (non-hydrogen) atoms. The van der Waals surface area contributed by atoms with Crippen LogP contribution in [0, 0.1) is 0 Å². The molecule has 0 bridgehead atoms. The van der Waals surface area contributed by atoms with E-state index in [4.69, 9.17) is 4.42 Å². The lowest BCUT2D eigenvalue weighted by Gasteiger charge is -2.33. The summed E-state index contributed by atoms with van der Waals surface area (Å²) < 4.78 is 5.12. The number of nitrogens with zero attached hydrogens (tertiary/aromatic N) is 2. The Labute approximate surface area is 204 Å². The minimum absolute atomic E-state index is 0.0907. The zero-order valence-electron chi connectivity index (χ0n) is 19.6. The number of nitrogens with one attached hydrogen (secondary N) is 2. The largest absolute Gasteiger partial charge is 0.459 e. The Morgan fingerprint density at radius 2 is 1.71 bits per heavy atom. The van der Waals surface area contributed by atoms with Gasteiger partial charge in [0.2, 0.25) is 11.8 Å². The van der Waals surface area contributed by atoms with Gasteiger partial charge in [0.1, 0.15) is 6.04 Å². The molecule has 8 heteroatoms. The molecule has 3 amide bonds. The average Bonchev–Trinajstić information content (AvgIpc) is 3.44. The Kier molecular flexibility index (Phi) is 8.27. The molecule has 1 aliphatic rings. The summed E-state index contributed by atoms with van der Waals surface area (Å²) in [6.45, 7) is -0.0635. The number of furan rings is 1. The van der Waals surface area contributed by atoms with Gasteiger partial charge in [0.05, 0.1) is 12.8 Å². The maximum atomic E-state index is 13.6. The number of pyridine rings is 1. The number of hydrogen-bond acceptors (Lipinski definition) is 5. The van der Waals surface area contributed by atoms with E-state index < -0.39 is 11.9 Å². The fraction of sp³-hybridized carbons (Fsp3) is 0.333. The highest BCUT2D eigenvalue weighted by atomic mass is 16.3. The lowest BCUT2D eigenvalue weighted by molar-refractivity contribution is -0.141. The highest BCUT2D eigenvalue weighted by molar-refractivity contribution is 5.95. The first-order chi connectivity index (χ1) is 17.1. The van der Waals surface area contributed by atoms with Gasteiger partial charge in [0.25, 0.3) is 5.91 Å². The third kappa shape index (κ3) is 6.56. The molecule has 2 aromatic heterocycles. The second-order valence-electron chi connectivity index (χ2n) is 8.69. The molecule has 1 aliphatic carbocycles. The number of carbonyl (C=O) groups is 3. The van der Waals surface area contributed by atoms with Gasteiger partial charge in [-0.3, -0.25) is 19.4 Å². The zero-order chi connectivity index (χ0) is 24.5. The van der Waals surface area contributed by atoms with Crippen LogP contribution in [0.1, 0.15) is 59.8 Å². The van der Waals surface area contributed by atoms with Gasteiger partial charge in [-0.25, -0.2) is 0 Å². The minimum Gasteiger partial charge on any atom is -0.459 e. The molecular weight excluding hydrogens is 444 g/mol. The van der Waals surface area contributed by atoms with E-state index in [-0.39, 0.29) is 36.7 Å². The van der Waals surface area contributed by atoms with Crippen LogP contribution in [0.4, 0.5) is 0 Å². The monoisotopic (exact) mass is 474 g/mol. The van der Waals surface area contributed by atoms with E-state index in [0.717, 1.165) is 31.2 Å². The summed E-state index contributed by atoms with van der Waals surface area (Å²) >= 11 is 0. The van der Waals surface area contributed by atoms with Crippen LogP contribution >= 0.6 is 0 Å². The van der Waals surface area contributed by atoms with Gasteiger partial charge in [-0.05, 0) is 48.2 Å². The summed E-state index contributed by atoms with van der Waals surface area (Å²) in [5, 5.41) is 5.78. The van der Waals surface area contributed by atoms with Crippen molar-refractivity contribution in [1.29, 1.82) is 0 Å². The first-order valence-electron chi connectivity index (χ1n) is 12.0. The molecule has 182 valence electrons. The van der Waals surface area contributed by atoms with Crippen molar-refractivity contribution >= 4 is 17.7 Å². The van der Waals surface area contributed by atoms with Crippen molar-refractivity contribution in [2.45, 2.75) is 50.7 Å². The van der Waals surface area contributed by atoms with E-state index in [1.807, 2.05) is 30.3 Å². The lowest BCUT2D eigenvalue weighted by Crippen LogP contribution is -2.49. The van der Waals surface area contributed by atoms with E-state index in [9.17, 15) is 14.4 Å². The number of rotatable bonds is 9. The predicted molar refractivity (Wildman–Crippen MR) is 130 cm³/mol. The van der Waals surface area contributed by atoms with Crippen molar-refractivity contribution in [3.8, 4) is 0 Å². The molecule has 4 rings (SSSR count). The molecule has 1 fully saturated rings. The fourth-order valence-electron chi connectivity index (χ4n) is 4.40. The molecule has 1 atom stereocenters. The number of hydrogen-bond donors (Lipinski definition) is 2. The fourth-order valence-corrected chi connectivity index (χ4v) is 4.40. The molecule has 0 aliphatic heterocycles. The van der Waals surface area contributed by atoms with Crippen LogP contribution in [0.15, 0.2) is 77.7 Å². The standard InChI is InChI=1S/C27H30N4O4/c32-24(18-29-26(33)23-12-7-17-35-23)31(19-20-8-3-1-4-9-20)25(21-13-15-28-16-14-21)27(34)30-22-10-5-2-6-11-22/h1,3-4,7-9,12-17,22,25H,2,5-6,10-11,18-19H2,(H,29,33)(H,30,34). The van der Waals surface area contributed by atoms with Crippen molar-refractivity contribution in [2.24, 2.45) is 0 Å². The van der Waals surface area contributed by atoms with Crippen LogP contribution in [-0.2, 0) is 16.1 Å². The molecule has 1 saturated carbocycles. The molecule has 3 aromatic rings. The van der Waals surface area contributed by atoms with Crippen LogP contribution in [0.25, 0.3) is 0 Å². The Hall–Kier alpha value is -3.94. The van der Waals surface area contributed by atoms with E-state index in [2.05, 4.69) is 15.6 Å². The summed E-state index contributed by atoms with van der Waals surface area (Å²) in [4.78, 5) is 45.1. The maximum absolute atomic E-state index is 13.6. The Morgan fingerprint density at radius 1 is 0.971 bits per heavy atom. The van der Waals surface area contributed by atoms with Gasteiger partial charge in [-0.2, -0.15) is 0 Å². The Balaban J connectivity index is 1.60. The topological polar surface area (TPSA) is 105 Å². The van der Waals surface area contributed by atoms with Crippen molar-refractivity contribution in [2.75, 3.05) is 6.54 Å². The molecular formula is C27H30N4O4. The summed E-state index contributed by atoms with van der Waals surface area (Å²) in [5.41, 5.74) is 1.54. The predicted octanol–water partition coefficient (Wildman–Crippen LogP) is 3.62. The van der Waals surface area contributed by atoms with E-state index in [1.54, 1.807) is 30.6 Å². The van der Waals surface area contributed by atoms with Crippen LogP contribution in [-0.4, -0.2) is 40.2 Å². The van der Waals surface area contributed by atoms with Crippen molar-refractivity contribution < 1.29 is 18.8 Å². The highest BCUT2D eigenvalue weighted by Crippen LogP contribution is 2.25. The van der Waals surface area contributed by atoms with Crippen molar-refractivity contribution in [3.63, 3.8) is 0 Å². The quantitative estimate of drug-likeness (QED) is 0.493. The lowest BCUT2D eigenvalue weighted by atomic mass is 9.94. The first-order valence-corrected chi connectivity index (χ1v) is 12.0. The number of carbonyl (C=O) groups excluding carboxylic acids is 3. The Morgan fingerprint density at radius 3 is 2.40 bits per heavy atom. The van der Waals surface area contributed by atoms with Crippen molar-refractivity contribution in [3.05, 3.63) is 90.1 Å². The third-order valence-electron chi connectivity index (χ3n) is 6.19. The van der Waals surface area contributed by atoms with Gasteiger partial charge >= 0.3 is 0 Å². The van der Waals surface area contributed by atoms with Gasteiger partial charge in [-0.1, -0.05) is 49.6 Å². The second kappa shape index (κ2) is 12.0. The summed E-state index contributed by atoms with van der Waals surface area (Å²) in [6, 6.07) is 15.3. The average molecular weight is 475 g/mol. The zero-order valence-corrected chi connectivity index (χ0v) is 19.6. The van der Waals surface area contributed by atoms with E-state index >= 15 is 0 Å². The number of benzene rings is 1. The molecule has 0 saturated heterocycles. The van der Waals surface area contributed by atoms with E-state index in [0.29, 0.717) is 5.56 Å². The number of amides is 3. The van der Waals surface area contributed by atoms with Crippen molar-refractivity contribution in [1.82, 2.24) is 20.5 Å². The summed E-state index contributed by atoms with van der Waals surface area (Å²) in [5.74, 6) is -0.984. The normalized spacial score (nSPS) is 14.6. The molecule has 0 radical (unpaired) electrons. The highest BCUT2D eigenvalue weighted by Gasteiger charge is 2.33. The molecule has 1 aromatic carbocycles. The summed E-state index contributed by atoms with van der Waals surface area (Å²) in [7, 11) is 0. The SMILES string of the molecule is O=C(NCC(=O)N(Cc1ccccc1)C(C(=O)NC1CCCCC1)c1ccncc1)c1ccco1. The van der Waals surface area contributed by atoms with Crippen LogP contribution in [0.2, 0.25) is 0 Å². The molecule has 2 heterocycles. The van der Waals surface area contributed by atoms with Crippen LogP contribution < -0.4 is 10.6 Å². The second-order valence-corrected chi connectivity index (χ2v) is 8.69. The number of aromatic nitrogens is 1. The van der Waals surface area contributed by atoms with Crippen LogP contribution in [0.5, 0.6) is 0 Å². The van der Waals surface area contributed by atoms with Gasteiger partial charge in [0.15, 0.2) is 5.76 Å². The maximum Gasteiger partial charge on any atom is 0.287 e. The van der Waals surface area contributed by atoms with Gasteiger partial charge in [-0.15, -0.1) is 0 Å². The minimum atomic E-state index is -0.867. The smallest absolute Gasteiger partial charge is 0.287 e. The Bertz CT molecular complexity index is 1100. The molecule has 8 nitrogen and oxygen atoms in total. The van der Waals surface area contributed by atoms with Crippen LogP contribution in [0.3, 0.4) is 0 Å².